The molecule has 0 aromatic carbocycles. The Kier molecular flexibility index (Phi) is 36.2. The van der Waals surface area contributed by atoms with Crippen molar-refractivity contribution in [2.75, 3.05) is 0 Å². The average molecular weight is 227 g/mol. The third kappa shape index (κ3) is 15.6. The van der Waals surface area contributed by atoms with E-state index in [1.165, 1.54) is 5.57 Å². The molecule has 0 aromatic rings. The van der Waals surface area contributed by atoms with Gasteiger partial charge in [-0.1, -0.05) is 60.6 Å². The highest BCUT2D eigenvalue weighted by molar-refractivity contribution is 5.36. The summed E-state index contributed by atoms with van der Waals surface area (Å²) in [5, 5.41) is 0. The van der Waals surface area contributed by atoms with Crippen LogP contribution in [0.3, 0.4) is 0 Å². The van der Waals surface area contributed by atoms with Gasteiger partial charge in [-0.3, -0.25) is 4.99 Å². The molecule has 1 nitrogen and oxygen atoms in total. The maximum Gasteiger partial charge on any atom is 0.0399 e. The predicted octanol–water partition coefficient (Wildman–Crippen LogP) is 6.03. The Bertz CT molecular complexity index is 176. The molecular weight excluding hydrogens is 194 g/mol. The molecule has 0 spiro atoms. The summed E-state index contributed by atoms with van der Waals surface area (Å²) < 4.78 is 0. The zero-order valence-electron chi connectivity index (χ0n) is 13.1. The topological polar surface area (TPSA) is 12.4 Å². The summed E-state index contributed by atoms with van der Waals surface area (Å²) in [6.07, 6.45) is 0.986. The summed E-state index contributed by atoms with van der Waals surface area (Å²) in [6, 6.07) is 0. The van der Waals surface area contributed by atoms with Crippen molar-refractivity contribution in [3.63, 3.8) is 0 Å². The van der Waals surface area contributed by atoms with Crippen LogP contribution in [0.25, 0.3) is 0 Å². The molecule has 0 fully saturated rings. The first kappa shape index (κ1) is 24.4. The Morgan fingerprint density at radius 2 is 1.25 bits per heavy atom. The lowest BCUT2D eigenvalue weighted by Crippen LogP contribution is -1.85. The number of hydrogen-bond donors (Lipinski definition) is 0. The molecule has 0 aromatic heterocycles. The first-order valence-corrected chi connectivity index (χ1v) is 6.45. The molecule has 98 valence electrons. The van der Waals surface area contributed by atoms with Crippen LogP contribution in [0.2, 0.25) is 0 Å². The van der Waals surface area contributed by atoms with Crippen molar-refractivity contribution in [1.29, 1.82) is 0 Å². The molecule has 0 aliphatic heterocycles. The van der Waals surface area contributed by atoms with E-state index < -0.39 is 0 Å². The van der Waals surface area contributed by atoms with Crippen LogP contribution in [0.4, 0.5) is 0 Å². The Balaban J connectivity index is -0.000000103. The summed E-state index contributed by atoms with van der Waals surface area (Å²) in [7, 11) is 0. The fraction of sp³-hybridized carbons (Fsp3) is 0.667. The molecule has 0 atom stereocenters. The summed E-state index contributed by atoms with van der Waals surface area (Å²) in [6.45, 7) is 25.4. The summed E-state index contributed by atoms with van der Waals surface area (Å²) >= 11 is 0. The van der Waals surface area contributed by atoms with E-state index in [1.807, 2.05) is 55.4 Å². The highest BCUT2D eigenvalue weighted by Crippen LogP contribution is 2.16. The molecule has 1 heteroatoms. The Labute approximate surface area is 104 Å². The van der Waals surface area contributed by atoms with Crippen molar-refractivity contribution in [3.05, 3.63) is 23.4 Å². The molecule has 0 N–H and O–H groups in total. The maximum atomic E-state index is 3.85. The van der Waals surface area contributed by atoms with Gasteiger partial charge < -0.3 is 0 Å². The third-order valence-electron chi connectivity index (χ3n) is 1.54. The lowest BCUT2D eigenvalue weighted by molar-refractivity contribution is 1.05. The first-order valence-electron chi connectivity index (χ1n) is 6.45. The zero-order chi connectivity index (χ0) is 14.1. The van der Waals surface area contributed by atoms with E-state index in [4.69, 9.17) is 0 Å². The van der Waals surface area contributed by atoms with Crippen molar-refractivity contribution < 1.29 is 0 Å². The lowest BCUT2D eigenvalue weighted by Gasteiger charge is -2.04. The highest BCUT2D eigenvalue weighted by Gasteiger charge is 1.97. The van der Waals surface area contributed by atoms with Crippen LogP contribution in [0.15, 0.2) is 28.4 Å². The van der Waals surface area contributed by atoms with Crippen LogP contribution in [0.1, 0.15) is 68.7 Å². The van der Waals surface area contributed by atoms with E-state index in [1.54, 1.807) is 0 Å². The average Bonchev–Trinajstić information content (AvgIpc) is 2.36. The van der Waals surface area contributed by atoms with E-state index >= 15 is 0 Å². The lowest BCUT2D eigenvalue weighted by atomic mass is 10.1. The van der Waals surface area contributed by atoms with Gasteiger partial charge in [-0.25, -0.2) is 0 Å². The van der Waals surface area contributed by atoms with Gasteiger partial charge in [-0.2, -0.15) is 0 Å². The minimum atomic E-state index is 0.986. The van der Waals surface area contributed by atoms with Crippen molar-refractivity contribution >= 4 is 6.72 Å². The number of rotatable bonds is 3. The highest BCUT2D eigenvalue weighted by atomic mass is 14.7. The van der Waals surface area contributed by atoms with Gasteiger partial charge in [0.1, 0.15) is 0 Å². The van der Waals surface area contributed by atoms with Gasteiger partial charge in [0.15, 0.2) is 0 Å². The molecule has 0 amide bonds. The maximum absolute atomic E-state index is 3.85. The van der Waals surface area contributed by atoms with Gasteiger partial charge in [0, 0.05) is 5.70 Å². The van der Waals surface area contributed by atoms with Gasteiger partial charge in [0.2, 0.25) is 0 Å². The van der Waals surface area contributed by atoms with E-state index in [0.717, 1.165) is 17.7 Å². The van der Waals surface area contributed by atoms with Gasteiger partial charge >= 0.3 is 0 Å². The fourth-order valence-electron chi connectivity index (χ4n) is 0.962. The molecule has 0 radical (unpaired) electrons. The summed E-state index contributed by atoms with van der Waals surface area (Å²) in [4.78, 5) is 3.85. The molecule has 0 unspecified atom stereocenters. The number of hydrogen-bond acceptors (Lipinski definition) is 1. The van der Waals surface area contributed by atoms with E-state index in [-0.39, 0.29) is 0 Å². The minimum absolute atomic E-state index is 0.986. The predicted molar refractivity (Wildman–Crippen MR) is 81.4 cm³/mol. The smallest absolute Gasteiger partial charge is 0.0399 e. The first-order chi connectivity index (χ1) is 7.63. The monoisotopic (exact) mass is 227 g/mol. The Morgan fingerprint density at radius 1 is 0.938 bits per heavy atom. The second-order valence-corrected chi connectivity index (χ2v) is 2.36. The molecule has 0 rings (SSSR count). The van der Waals surface area contributed by atoms with Crippen molar-refractivity contribution in [3.8, 4) is 0 Å². The third-order valence-corrected chi connectivity index (χ3v) is 1.54. The van der Waals surface area contributed by atoms with Crippen LogP contribution in [-0.4, -0.2) is 6.72 Å². The normalized spacial score (nSPS) is 8.81. The van der Waals surface area contributed by atoms with Crippen LogP contribution in [0, 0.1) is 0 Å². The molecule has 0 bridgehead atoms. The van der Waals surface area contributed by atoms with Crippen LogP contribution >= 0.6 is 0 Å². The molecular formula is C15H33N. The van der Waals surface area contributed by atoms with E-state index in [9.17, 15) is 0 Å². The fourth-order valence-corrected chi connectivity index (χ4v) is 0.962. The standard InChI is InChI=1S/C9H15N.3C2H6/c1-6-9(7(2)3)8(4)10-5;3*1-2/h2,5-6H2,1,3-4H3;3*1-2H3/b9-8-;;;. The summed E-state index contributed by atoms with van der Waals surface area (Å²) in [5.41, 5.74) is 3.30. The van der Waals surface area contributed by atoms with Gasteiger partial charge in [-0.05, 0) is 32.6 Å². The molecule has 0 saturated carbocycles. The van der Waals surface area contributed by atoms with Crippen molar-refractivity contribution in [2.45, 2.75) is 68.7 Å². The molecule has 0 aliphatic carbocycles. The van der Waals surface area contributed by atoms with E-state index in [0.29, 0.717) is 0 Å². The van der Waals surface area contributed by atoms with E-state index in [2.05, 4.69) is 25.2 Å². The second kappa shape index (κ2) is 23.8. The largest absolute Gasteiger partial charge is 0.269 e. The molecule has 0 heterocycles. The zero-order valence-corrected chi connectivity index (χ0v) is 13.1. The van der Waals surface area contributed by atoms with Crippen LogP contribution < -0.4 is 0 Å². The van der Waals surface area contributed by atoms with Crippen LogP contribution in [-0.2, 0) is 0 Å². The number of allylic oxidation sites excluding steroid dienone is 3. The molecule has 0 saturated heterocycles. The number of nitrogens with zero attached hydrogens (tertiary/aromatic N) is 1. The SMILES string of the molecule is C=N/C(C)=C(/CC)C(=C)C.CC.CC.CC. The number of aliphatic imine (C=N–C) groups is 1. The van der Waals surface area contributed by atoms with Gasteiger partial charge in [0.25, 0.3) is 0 Å². The van der Waals surface area contributed by atoms with Gasteiger partial charge in [-0.15, -0.1) is 0 Å². The summed E-state index contributed by atoms with van der Waals surface area (Å²) in [5.74, 6) is 0. The Morgan fingerprint density at radius 3 is 1.31 bits per heavy atom. The quantitative estimate of drug-likeness (QED) is 0.412. The molecule has 0 aliphatic rings. The van der Waals surface area contributed by atoms with Gasteiger partial charge in [0.05, 0.1) is 0 Å². The second-order valence-electron chi connectivity index (χ2n) is 2.36. The minimum Gasteiger partial charge on any atom is -0.269 e. The van der Waals surface area contributed by atoms with Crippen molar-refractivity contribution in [1.82, 2.24) is 0 Å². The Hall–Kier alpha value is -0.850. The molecule has 16 heavy (non-hydrogen) atoms. The van der Waals surface area contributed by atoms with Crippen LogP contribution in [0.5, 0.6) is 0 Å². The van der Waals surface area contributed by atoms with Crippen molar-refractivity contribution in [2.24, 2.45) is 4.99 Å².